The Kier molecular flexibility index (Phi) is 3.73. The van der Waals surface area contributed by atoms with Crippen LogP contribution < -0.4 is 4.90 Å². The number of imidazole rings is 1. The number of H-pyrrole nitrogens is 1. The number of nitrogens with zero attached hydrogens (tertiary/aromatic N) is 4. The molecule has 0 aliphatic carbocycles. The second kappa shape index (κ2) is 5.53. The molecule has 110 valence electrons. The van der Waals surface area contributed by atoms with Crippen LogP contribution in [-0.4, -0.2) is 38.2 Å². The van der Waals surface area contributed by atoms with Gasteiger partial charge in [0, 0.05) is 36.6 Å². The highest BCUT2D eigenvalue weighted by atomic mass is 32.2. The summed E-state index contributed by atoms with van der Waals surface area (Å²) in [6.45, 7) is 1.95. The lowest BCUT2D eigenvalue weighted by atomic mass is 10.3. The van der Waals surface area contributed by atoms with E-state index in [4.69, 9.17) is 0 Å². The van der Waals surface area contributed by atoms with Crippen LogP contribution >= 0.6 is 11.3 Å². The zero-order valence-corrected chi connectivity index (χ0v) is 13.6. The van der Waals surface area contributed by atoms with E-state index in [2.05, 4.69) is 19.9 Å². The molecule has 0 spiro atoms. The van der Waals surface area contributed by atoms with Crippen LogP contribution in [0.2, 0.25) is 0 Å². The maximum absolute atomic E-state index is 12.4. The summed E-state index contributed by atoms with van der Waals surface area (Å²) in [6.07, 6.45) is 1.76. The first-order valence-corrected chi connectivity index (χ1v) is 8.61. The third-order valence-corrected chi connectivity index (χ3v) is 4.88. The normalized spacial score (nSPS) is 12.7. The molecule has 21 heavy (non-hydrogen) atoms. The number of thiophene rings is 1. The Bertz CT molecular complexity index is 779. The highest BCUT2D eigenvalue weighted by Gasteiger charge is 2.14. The minimum Gasteiger partial charge on any atom is -0.362 e. The molecule has 1 N–H and O–H groups in total. The molecule has 3 rings (SSSR count). The van der Waals surface area contributed by atoms with Crippen molar-refractivity contribution in [2.75, 3.05) is 19.0 Å². The van der Waals surface area contributed by atoms with Gasteiger partial charge in [0.15, 0.2) is 5.16 Å². The average Bonchev–Trinajstić information content (AvgIpc) is 3.01. The number of fused-ring (bicyclic) bond motifs is 1. The van der Waals surface area contributed by atoms with Crippen molar-refractivity contribution in [1.29, 1.82) is 0 Å². The molecule has 1 unspecified atom stereocenters. The molecular weight excluding hydrogens is 306 g/mol. The van der Waals surface area contributed by atoms with Crippen LogP contribution in [0.15, 0.2) is 22.1 Å². The van der Waals surface area contributed by atoms with Gasteiger partial charge in [0.1, 0.15) is 17.2 Å². The van der Waals surface area contributed by atoms with Gasteiger partial charge in [-0.25, -0.2) is 15.0 Å². The van der Waals surface area contributed by atoms with Gasteiger partial charge in [-0.2, -0.15) is 0 Å². The smallest absolute Gasteiger partial charge is 0.197 e. The minimum absolute atomic E-state index is 0.251. The summed E-state index contributed by atoms with van der Waals surface area (Å²) < 4.78 is 12.4. The lowest BCUT2D eigenvalue weighted by Gasteiger charge is -2.14. The average molecular weight is 321 g/mol. The van der Waals surface area contributed by atoms with E-state index in [9.17, 15) is 4.21 Å². The summed E-state index contributed by atoms with van der Waals surface area (Å²) in [6, 6.07) is 0. The molecule has 0 fully saturated rings. The lowest BCUT2D eigenvalue weighted by Crippen LogP contribution is -2.14. The maximum Gasteiger partial charge on any atom is 0.197 e. The van der Waals surface area contributed by atoms with Crippen molar-refractivity contribution in [3.8, 4) is 0 Å². The molecule has 0 amide bonds. The Hall–Kier alpha value is -1.80. The highest BCUT2D eigenvalue weighted by Crippen LogP contribution is 2.19. The van der Waals surface area contributed by atoms with Crippen LogP contribution in [0.4, 0.5) is 5.82 Å². The second-order valence-corrected chi connectivity index (χ2v) is 7.00. The number of aryl methyl sites for hydroxylation is 1. The number of hydrogen-bond donors (Lipinski definition) is 1. The monoisotopic (exact) mass is 321 g/mol. The van der Waals surface area contributed by atoms with Gasteiger partial charge >= 0.3 is 0 Å². The van der Waals surface area contributed by atoms with Crippen molar-refractivity contribution in [2.45, 2.75) is 17.8 Å². The van der Waals surface area contributed by atoms with Crippen molar-refractivity contribution < 1.29 is 4.21 Å². The number of aromatic amines is 1. The van der Waals surface area contributed by atoms with Crippen LogP contribution in [0, 0.1) is 6.92 Å². The lowest BCUT2D eigenvalue weighted by molar-refractivity contribution is 0.676. The van der Waals surface area contributed by atoms with Crippen molar-refractivity contribution in [3.05, 3.63) is 28.3 Å². The molecule has 8 heteroatoms. The molecule has 6 nitrogen and oxygen atoms in total. The Morgan fingerprint density at radius 1 is 1.33 bits per heavy atom. The molecule has 0 bridgehead atoms. The predicted molar refractivity (Wildman–Crippen MR) is 85.2 cm³/mol. The number of hydrogen-bond acceptors (Lipinski definition) is 6. The summed E-state index contributed by atoms with van der Waals surface area (Å²) >= 11 is 1.57. The summed E-state index contributed by atoms with van der Waals surface area (Å²) in [5.74, 6) is 1.65. The Morgan fingerprint density at radius 2 is 2.14 bits per heavy atom. The summed E-state index contributed by atoms with van der Waals surface area (Å²) in [5, 5.41) is 4.36. The fourth-order valence-electron chi connectivity index (χ4n) is 2.01. The molecule has 0 saturated carbocycles. The molecule has 0 aliphatic heterocycles. The van der Waals surface area contributed by atoms with Gasteiger partial charge in [0.2, 0.25) is 0 Å². The van der Waals surface area contributed by atoms with E-state index < -0.39 is 10.8 Å². The zero-order valence-electron chi connectivity index (χ0n) is 12.0. The first-order chi connectivity index (χ1) is 10.0. The number of aromatic nitrogens is 4. The molecule has 0 aliphatic rings. The van der Waals surface area contributed by atoms with Crippen molar-refractivity contribution >= 4 is 39.0 Å². The van der Waals surface area contributed by atoms with Crippen molar-refractivity contribution in [2.24, 2.45) is 0 Å². The maximum atomic E-state index is 12.4. The Morgan fingerprint density at radius 3 is 2.86 bits per heavy atom. The summed E-state index contributed by atoms with van der Waals surface area (Å²) in [4.78, 5) is 18.1. The van der Waals surface area contributed by atoms with Gasteiger partial charge in [0.05, 0.1) is 22.1 Å². The van der Waals surface area contributed by atoms with Crippen molar-refractivity contribution in [1.82, 2.24) is 19.9 Å². The first-order valence-electron chi connectivity index (χ1n) is 6.34. The van der Waals surface area contributed by atoms with Gasteiger partial charge in [0.25, 0.3) is 0 Å². The summed E-state index contributed by atoms with van der Waals surface area (Å²) in [5.41, 5.74) is 2.76. The highest BCUT2D eigenvalue weighted by molar-refractivity contribution is 7.84. The molecule has 3 heterocycles. The third-order valence-electron chi connectivity index (χ3n) is 3.00. The minimum atomic E-state index is -1.28. The summed E-state index contributed by atoms with van der Waals surface area (Å²) in [7, 11) is 2.58. The fourth-order valence-corrected chi connectivity index (χ4v) is 3.63. The van der Waals surface area contributed by atoms with Gasteiger partial charge in [-0.3, -0.25) is 4.21 Å². The van der Waals surface area contributed by atoms with Gasteiger partial charge < -0.3 is 9.88 Å². The second-order valence-electron chi connectivity index (χ2n) is 4.89. The number of nitrogens with one attached hydrogen (secondary N) is 1. The van der Waals surface area contributed by atoms with Gasteiger partial charge in [-0.05, 0) is 6.92 Å². The Labute approximate surface area is 128 Å². The predicted octanol–water partition coefficient (Wildman–Crippen LogP) is 2.10. The number of anilines is 1. The SMILES string of the molecule is Cc1cnc(CS(=O)c2nc3cscc3[nH]2)nc1N(C)C. The van der Waals surface area contributed by atoms with Gasteiger partial charge in [-0.15, -0.1) is 11.3 Å². The number of rotatable bonds is 4. The molecule has 3 aromatic heterocycles. The van der Waals surface area contributed by atoms with E-state index in [0.29, 0.717) is 11.0 Å². The zero-order chi connectivity index (χ0) is 15.0. The fraction of sp³-hybridized carbons (Fsp3) is 0.308. The molecular formula is C13H15N5OS2. The topological polar surface area (TPSA) is 74.8 Å². The van der Waals surface area contributed by atoms with E-state index in [1.165, 1.54) is 0 Å². The third kappa shape index (κ3) is 2.81. The van der Waals surface area contributed by atoms with E-state index in [0.717, 1.165) is 22.4 Å². The molecule has 0 radical (unpaired) electrons. The molecule has 3 aromatic rings. The van der Waals surface area contributed by atoms with E-state index >= 15 is 0 Å². The standard InChI is InChI=1S/C13H15N5OS2/c1-8-4-14-11(17-12(8)18(2)3)7-21(19)13-15-9-5-20-6-10(9)16-13/h4-6H,7H2,1-3H3,(H,15,16). The van der Waals surface area contributed by atoms with E-state index in [1.54, 1.807) is 17.5 Å². The molecule has 1 atom stereocenters. The van der Waals surface area contributed by atoms with Crippen LogP contribution in [0.1, 0.15) is 11.4 Å². The van der Waals surface area contributed by atoms with E-state index in [-0.39, 0.29) is 5.75 Å². The van der Waals surface area contributed by atoms with E-state index in [1.807, 2.05) is 36.7 Å². The van der Waals surface area contributed by atoms with Crippen LogP contribution in [0.5, 0.6) is 0 Å². The largest absolute Gasteiger partial charge is 0.362 e. The quantitative estimate of drug-likeness (QED) is 0.796. The van der Waals surface area contributed by atoms with Crippen LogP contribution in [0.25, 0.3) is 11.0 Å². The van der Waals surface area contributed by atoms with Crippen LogP contribution in [-0.2, 0) is 16.6 Å². The van der Waals surface area contributed by atoms with Gasteiger partial charge in [-0.1, -0.05) is 0 Å². The van der Waals surface area contributed by atoms with Crippen LogP contribution in [0.3, 0.4) is 0 Å². The Balaban J connectivity index is 1.84. The van der Waals surface area contributed by atoms with Crippen molar-refractivity contribution in [3.63, 3.8) is 0 Å². The molecule has 0 aromatic carbocycles. The first kappa shape index (κ1) is 14.2. The molecule has 0 saturated heterocycles.